The zero-order valence-electron chi connectivity index (χ0n) is 15.4. The topological polar surface area (TPSA) is 80.6 Å². The summed E-state index contributed by atoms with van der Waals surface area (Å²) in [5.41, 5.74) is 2.69. The van der Waals surface area contributed by atoms with Gasteiger partial charge < -0.3 is 19.5 Å². The van der Waals surface area contributed by atoms with E-state index < -0.39 is 5.97 Å². The number of carbonyl (C=O) groups is 1. The zero-order valence-corrected chi connectivity index (χ0v) is 15.4. The number of carbonyl (C=O) groups excluding carboxylic acids is 1. The van der Waals surface area contributed by atoms with Crippen LogP contribution < -0.4 is 10.1 Å². The fourth-order valence-corrected chi connectivity index (χ4v) is 2.26. The van der Waals surface area contributed by atoms with Crippen molar-refractivity contribution in [2.75, 3.05) is 19.0 Å². The molecule has 0 saturated heterocycles. The van der Waals surface area contributed by atoms with Gasteiger partial charge >= 0.3 is 5.97 Å². The van der Waals surface area contributed by atoms with E-state index in [1.54, 1.807) is 14.0 Å². The van der Waals surface area contributed by atoms with E-state index in [4.69, 9.17) is 19.5 Å². The van der Waals surface area contributed by atoms with Crippen LogP contribution in [0.4, 0.5) is 5.69 Å². The highest BCUT2D eigenvalue weighted by Gasteiger charge is 2.09. The van der Waals surface area contributed by atoms with E-state index in [1.807, 2.05) is 54.6 Å². The van der Waals surface area contributed by atoms with E-state index >= 15 is 0 Å². The molecule has 2 rings (SSSR count). The first-order valence-electron chi connectivity index (χ1n) is 8.49. The number of nitrogens with one attached hydrogen (secondary N) is 1. The molecule has 0 heterocycles. The van der Waals surface area contributed by atoms with Gasteiger partial charge in [0.05, 0.1) is 26.9 Å². The maximum Gasteiger partial charge on any atom is 0.350 e. The molecule has 6 heteroatoms. The number of hydrogen-bond donors (Lipinski definition) is 1. The molecule has 0 amide bonds. The van der Waals surface area contributed by atoms with Crippen LogP contribution in [0, 0.1) is 11.3 Å². The van der Waals surface area contributed by atoms with Crippen LogP contribution in [0.15, 0.2) is 60.3 Å². The number of esters is 1. The van der Waals surface area contributed by atoms with Gasteiger partial charge in [-0.15, -0.1) is 0 Å². The summed E-state index contributed by atoms with van der Waals surface area (Å²) >= 11 is 0. The molecule has 0 aliphatic heterocycles. The first kappa shape index (κ1) is 20.0. The molecule has 0 unspecified atom stereocenters. The van der Waals surface area contributed by atoms with Crippen LogP contribution in [-0.2, 0) is 27.5 Å². The van der Waals surface area contributed by atoms with Crippen LogP contribution >= 0.6 is 0 Å². The summed E-state index contributed by atoms with van der Waals surface area (Å²) < 4.78 is 15.7. The summed E-state index contributed by atoms with van der Waals surface area (Å²) in [6, 6.07) is 17.1. The molecule has 2 aromatic rings. The molecule has 0 spiro atoms. The van der Waals surface area contributed by atoms with Crippen molar-refractivity contribution < 1.29 is 19.0 Å². The van der Waals surface area contributed by atoms with Gasteiger partial charge in [0.2, 0.25) is 0 Å². The molecule has 140 valence electrons. The molecular weight excluding hydrogens is 344 g/mol. The first-order chi connectivity index (χ1) is 13.2. The highest BCUT2D eigenvalue weighted by molar-refractivity contribution is 5.93. The van der Waals surface area contributed by atoms with Crippen LogP contribution in [0.1, 0.15) is 18.1 Å². The van der Waals surface area contributed by atoms with E-state index in [0.29, 0.717) is 13.2 Å². The van der Waals surface area contributed by atoms with Gasteiger partial charge in [0.1, 0.15) is 11.8 Å². The van der Waals surface area contributed by atoms with E-state index in [-0.39, 0.29) is 12.2 Å². The third-order valence-electron chi connectivity index (χ3n) is 3.62. The fourth-order valence-electron chi connectivity index (χ4n) is 2.26. The molecule has 0 bridgehead atoms. The third-order valence-corrected chi connectivity index (χ3v) is 3.62. The summed E-state index contributed by atoms with van der Waals surface area (Å²) in [6.07, 6.45) is 1.34. The molecule has 27 heavy (non-hydrogen) atoms. The highest BCUT2D eigenvalue weighted by Crippen LogP contribution is 2.15. The molecule has 0 aliphatic carbocycles. The van der Waals surface area contributed by atoms with Gasteiger partial charge in [0.15, 0.2) is 5.57 Å². The Bertz CT molecular complexity index is 823. The summed E-state index contributed by atoms with van der Waals surface area (Å²) in [4.78, 5) is 11.6. The Labute approximate surface area is 159 Å². The number of methoxy groups -OCH3 is 1. The van der Waals surface area contributed by atoms with E-state index in [9.17, 15) is 4.79 Å². The fraction of sp³-hybridized carbons (Fsp3) is 0.238. The van der Waals surface area contributed by atoms with E-state index in [0.717, 1.165) is 22.6 Å². The van der Waals surface area contributed by atoms with Crippen molar-refractivity contribution in [3.05, 3.63) is 71.4 Å². The van der Waals surface area contributed by atoms with Crippen LogP contribution in [-0.4, -0.2) is 19.7 Å². The number of nitrogens with zero attached hydrogens (tertiary/aromatic N) is 1. The van der Waals surface area contributed by atoms with Gasteiger partial charge in [0.25, 0.3) is 0 Å². The minimum Gasteiger partial charge on any atom is -0.497 e. The Balaban J connectivity index is 1.90. The molecule has 1 N–H and O–H groups in total. The Morgan fingerprint density at radius 1 is 1.15 bits per heavy atom. The van der Waals surface area contributed by atoms with Gasteiger partial charge in [-0.3, -0.25) is 0 Å². The Morgan fingerprint density at radius 3 is 2.56 bits per heavy atom. The minimum absolute atomic E-state index is 0.0852. The second kappa shape index (κ2) is 10.6. The predicted molar refractivity (Wildman–Crippen MR) is 102 cm³/mol. The van der Waals surface area contributed by atoms with Gasteiger partial charge in [0, 0.05) is 11.9 Å². The number of ether oxygens (including phenoxy) is 3. The van der Waals surface area contributed by atoms with Crippen LogP contribution in [0.3, 0.4) is 0 Å². The second-order valence-corrected chi connectivity index (χ2v) is 5.58. The zero-order chi connectivity index (χ0) is 19.5. The minimum atomic E-state index is -0.647. The van der Waals surface area contributed by atoms with E-state index in [2.05, 4.69) is 5.32 Å². The molecule has 0 atom stereocenters. The average molecular weight is 366 g/mol. The number of benzene rings is 2. The normalized spacial score (nSPS) is 10.8. The summed E-state index contributed by atoms with van der Waals surface area (Å²) in [5.74, 6) is 0.164. The van der Waals surface area contributed by atoms with Crippen molar-refractivity contribution in [3.63, 3.8) is 0 Å². The quantitative estimate of drug-likeness (QED) is 0.413. The predicted octanol–water partition coefficient (Wildman–Crippen LogP) is 3.79. The maximum atomic E-state index is 11.6. The highest BCUT2D eigenvalue weighted by atomic mass is 16.5. The second-order valence-electron chi connectivity index (χ2n) is 5.58. The maximum absolute atomic E-state index is 11.6. The SMILES string of the molecule is CCOC(=O)/C(C#N)=C/Nc1cccc(COCc2ccc(OC)cc2)c1. The molecule has 0 aromatic heterocycles. The number of nitriles is 1. The summed E-state index contributed by atoms with van der Waals surface area (Å²) in [6.45, 7) is 2.84. The van der Waals surface area contributed by atoms with Crippen molar-refractivity contribution in [1.82, 2.24) is 0 Å². The smallest absolute Gasteiger partial charge is 0.350 e. The van der Waals surface area contributed by atoms with Crippen molar-refractivity contribution in [1.29, 1.82) is 5.26 Å². The number of hydrogen-bond acceptors (Lipinski definition) is 6. The lowest BCUT2D eigenvalue weighted by Gasteiger charge is -2.08. The molecular formula is C21H22N2O4. The van der Waals surface area contributed by atoms with Gasteiger partial charge in [-0.25, -0.2) is 4.79 Å². The summed E-state index contributed by atoms with van der Waals surface area (Å²) in [5, 5.41) is 12.0. The molecule has 6 nitrogen and oxygen atoms in total. The van der Waals surface area contributed by atoms with Crippen molar-refractivity contribution in [2.45, 2.75) is 20.1 Å². The Morgan fingerprint density at radius 2 is 1.89 bits per heavy atom. The van der Waals surface area contributed by atoms with Gasteiger partial charge in [-0.05, 0) is 42.3 Å². The third kappa shape index (κ3) is 6.49. The van der Waals surface area contributed by atoms with Crippen LogP contribution in [0.25, 0.3) is 0 Å². The van der Waals surface area contributed by atoms with E-state index in [1.165, 1.54) is 6.20 Å². The van der Waals surface area contributed by atoms with Crippen molar-refractivity contribution >= 4 is 11.7 Å². The molecule has 2 aromatic carbocycles. The first-order valence-corrected chi connectivity index (χ1v) is 8.49. The molecule has 0 radical (unpaired) electrons. The molecule has 0 saturated carbocycles. The number of rotatable bonds is 9. The van der Waals surface area contributed by atoms with Crippen molar-refractivity contribution in [2.24, 2.45) is 0 Å². The standard InChI is InChI=1S/C21H22N2O4/c1-3-27-21(24)18(12-22)13-23-19-6-4-5-17(11-19)15-26-14-16-7-9-20(25-2)10-8-16/h4-11,13,23H,3,14-15H2,1-2H3/b18-13+. The summed E-state index contributed by atoms with van der Waals surface area (Å²) in [7, 11) is 1.63. The van der Waals surface area contributed by atoms with Crippen molar-refractivity contribution in [3.8, 4) is 11.8 Å². The van der Waals surface area contributed by atoms with Crippen LogP contribution in [0.5, 0.6) is 5.75 Å². The van der Waals surface area contributed by atoms with Crippen LogP contribution in [0.2, 0.25) is 0 Å². The Kier molecular flexibility index (Phi) is 7.89. The number of anilines is 1. The van der Waals surface area contributed by atoms with Gasteiger partial charge in [-0.2, -0.15) is 5.26 Å². The largest absolute Gasteiger partial charge is 0.497 e. The van der Waals surface area contributed by atoms with Gasteiger partial charge in [-0.1, -0.05) is 24.3 Å². The Hall–Kier alpha value is -3.30. The molecule has 0 fully saturated rings. The monoisotopic (exact) mass is 366 g/mol. The average Bonchev–Trinajstić information content (AvgIpc) is 2.69. The molecule has 0 aliphatic rings. The lowest BCUT2D eigenvalue weighted by atomic mass is 10.2. The lowest BCUT2D eigenvalue weighted by molar-refractivity contribution is -0.138. The lowest BCUT2D eigenvalue weighted by Crippen LogP contribution is -2.08.